The van der Waals surface area contributed by atoms with Crippen molar-refractivity contribution in [2.75, 3.05) is 6.61 Å². The van der Waals surface area contributed by atoms with Crippen LogP contribution in [0.25, 0.3) is 27.5 Å². The minimum Gasteiger partial charge on any atom is -0.396 e. The number of aryl methyl sites for hydroxylation is 1. The highest BCUT2D eigenvalue weighted by molar-refractivity contribution is 6.08. The van der Waals surface area contributed by atoms with Gasteiger partial charge in [0.15, 0.2) is 0 Å². The van der Waals surface area contributed by atoms with Crippen LogP contribution in [-0.4, -0.2) is 26.1 Å². The number of fused-ring (bicyclic) bond motifs is 3. The smallest absolute Gasteiger partial charge is 0.0656 e. The summed E-state index contributed by atoms with van der Waals surface area (Å²) in [7, 11) is 0. The van der Waals surface area contributed by atoms with Crippen molar-refractivity contribution in [2.24, 2.45) is 0 Å². The average Bonchev–Trinajstić information content (AvgIpc) is 3.17. The summed E-state index contributed by atoms with van der Waals surface area (Å²) in [5.74, 6) is 0. The Kier molecular flexibility index (Phi) is 3.39. The SMILES string of the molecule is CCn1c2ccccc2c2cc(-n3nccc3CCO)ccc21. The number of nitrogens with zero attached hydrogens (tertiary/aromatic N) is 3. The van der Waals surface area contributed by atoms with Crippen LogP contribution in [0.3, 0.4) is 0 Å². The van der Waals surface area contributed by atoms with E-state index < -0.39 is 0 Å². The fourth-order valence-corrected chi connectivity index (χ4v) is 3.38. The van der Waals surface area contributed by atoms with Crippen molar-refractivity contribution < 1.29 is 5.11 Å². The van der Waals surface area contributed by atoms with Crippen molar-refractivity contribution in [3.63, 3.8) is 0 Å². The summed E-state index contributed by atoms with van der Waals surface area (Å²) in [6.07, 6.45) is 2.39. The Hall–Kier alpha value is -2.59. The molecule has 1 N–H and O–H groups in total. The van der Waals surface area contributed by atoms with E-state index in [0.717, 1.165) is 17.9 Å². The molecule has 0 aliphatic rings. The van der Waals surface area contributed by atoms with Crippen molar-refractivity contribution >= 4 is 21.8 Å². The maximum absolute atomic E-state index is 9.21. The van der Waals surface area contributed by atoms with E-state index in [1.165, 1.54) is 21.8 Å². The van der Waals surface area contributed by atoms with Crippen LogP contribution in [-0.2, 0) is 13.0 Å². The lowest BCUT2D eigenvalue weighted by Crippen LogP contribution is -2.04. The molecule has 0 aliphatic heterocycles. The van der Waals surface area contributed by atoms with Crippen molar-refractivity contribution in [3.8, 4) is 5.69 Å². The first-order chi connectivity index (χ1) is 11.3. The molecule has 0 saturated heterocycles. The monoisotopic (exact) mass is 305 g/mol. The van der Waals surface area contributed by atoms with Gasteiger partial charge in [-0.15, -0.1) is 0 Å². The Morgan fingerprint density at radius 1 is 1.00 bits per heavy atom. The second kappa shape index (κ2) is 5.56. The molecule has 2 heterocycles. The van der Waals surface area contributed by atoms with Gasteiger partial charge in [0.2, 0.25) is 0 Å². The molecule has 4 heteroatoms. The quantitative estimate of drug-likeness (QED) is 0.627. The summed E-state index contributed by atoms with van der Waals surface area (Å²) in [6, 6.07) is 16.9. The normalized spacial score (nSPS) is 11.6. The predicted molar refractivity (Wildman–Crippen MR) is 93.0 cm³/mol. The molecule has 0 atom stereocenters. The first-order valence-electron chi connectivity index (χ1n) is 7.98. The largest absolute Gasteiger partial charge is 0.396 e. The molecule has 0 radical (unpaired) electrons. The van der Waals surface area contributed by atoms with Crippen LogP contribution in [0.2, 0.25) is 0 Å². The summed E-state index contributed by atoms with van der Waals surface area (Å²) in [4.78, 5) is 0. The first-order valence-corrected chi connectivity index (χ1v) is 7.98. The van der Waals surface area contributed by atoms with Gasteiger partial charge < -0.3 is 9.67 Å². The molecule has 0 spiro atoms. The van der Waals surface area contributed by atoms with Gasteiger partial charge in [-0.2, -0.15) is 5.10 Å². The van der Waals surface area contributed by atoms with Gasteiger partial charge in [0.1, 0.15) is 0 Å². The Balaban J connectivity index is 1.97. The van der Waals surface area contributed by atoms with Gasteiger partial charge in [-0.3, -0.25) is 0 Å². The summed E-state index contributed by atoms with van der Waals surface area (Å²) < 4.78 is 4.25. The van der Waals surface area contributed by atoms with Crippen molar-refractivity contribution in [1.29, 1.82) is 0 Å². The Morgan fingerprint density at radius 2 is 1.83 bits per heavy atom. The van der Waals surface area contributed by atoms with E-state index in [9.17, 15) is 5.11 Å². The molecule has 116 valence electrons. The van der Waals surface area contributed by atoms with Crippen LogP contribution in [0.4, 0.5) is 0 Å². The lowest BCUT2D eigenvalue weighted by atomic mass is 10.1. The minimum atomic E-state index is 0.128. The third-order valence-electron chi connectivity index (χ3n) is 4.41. The Bertz CT molecular complexity index is 981. The molecule has 0 bridgehead atoms. The maximum Gasteiger partial charge on any atom is 0.0656 e. The molecule has 0 saturated carbocycles. The number of aromatic nitrogens is 3. The van der Waals surface area contributed by atoms with Crippen LogP contribution in [0, 0.1) is 0 Å². The lowest BCUT2D eigenvalue weighted by Gasteiger charge is -2.08. The maximum atomic E-state index is 9.21. The van der Waals surface area contributed by atoms with Gasteiger partial charge in [-0.05, 0) is 37.3 Å². The molecule has 2 aromatic heterocycles. The van der Waals surface area contributed by atoms with Crippen LogP contribution >= 0.6 is 0 Å². The number of benzene rings is 2. The Labute approximate surface area is 134 Å². The van der Waals surface area contributed by atoms with E-state index in [2.05, 4.69) is 59.1 Å². The molecule has 4 aromatic rings. The number of rotatable bonds is 4. The topological polar surface area (TPSA) is 43.0 Å². The molecule has 0 aliphatic carbocycles. The van der Waals surface area contributed by atoms with Gasteiger partial charge in [0, 0.05) is 53.3 Å². The zero-order valence-corrected chi connectivity index (χ0v) is 13.1. The third kappa shape index (κ3) is 2.14. The second-order valence-electron chi connectivity index (χ2n) is 5.67. The van der Waals surface area contributed by atoms with Crippen molar-refractivity contribution in [2.45, 2.75) is 19.9 Å². The van der Waals surface area contributed by atoms with Crippen molar-refractivity contribution in [1.82, 2.24) is 14.3 Å². The molecule has 23 heavy (non-hydrogen) atoms. The molecule has 2 aromatic carbocycles. The fraction of sp³-hybridized carbons (Fsp3) is 0.211. The van der Waals surface area contributed by atoms with Gasteiger partial charge >= 0.3 is 0 Å². The zero-order chi connectivity index (χ0) is 15.8. The van der Waals surface area contributed by atoms with Crippen LogP contribution in [0.1, 0.15) is 12.6 Å². The molecule has 0 unspecified atom stereocenters. The van der Waals surface area contributed by atoms with E-state index in [-0.39, 0.29) is 6.61 Å². The minimum absolute atomic E-state index is 0.128. The van der Waals surface area contributed by atoms with E-state index in [1.54, 1.807) is 6.20 Å². The number of aliphatic hydroxyl groups is 1. The molecular formula is C19H19N3O. The van der Waals surface area contributed by atoms with Crippen LogP contribution in [0.15, 0.2) is 54.7 Å². The molecule has 0 amide bonds. The van der Waals surface area contributed by atoms with Gasteiger partial charge in [-0.1, -0.05) is 18.2 Å². The highest BCUT2D eigenvalue weighted by atomic mass is 16.3. The average molecular weight is 305 g/mol. The van der Waals surface area contributed by atoms with Crippen LogP contribution < -0.4 is 0 Å². The van der Waals surface area contributed by atoms with Crippen molar-refractivity contribution in [3.05, 3.63) is 60.4 Å². The lowest BCUT2D eigenvalue weighted by molar-refractivity contribution is 0.297. The molecule has 0 fully saturated rings. The molecule has 4 rings (SSSR count). The summed E-state index contributed by atoms with van der Waals surface area (Å²) in [5, 5.41) is 16.1. The standard InChI is InChI=1S/C19H19N3O/c1-2-21-18-6-4-3-5-16(18)17-13-15(7-8-19(17)21)22-14(10-12-23)9-11-20-22/h3-9,11,13,23H,2,10,12H2,1H3. The van der Waals surface area contributed by atoms with Gasteiger partial charge in [0.25, 0.3) is 0 Å². The van der Waals surface area contributed by atoms with Crippen LogP contribution in [0.5, 0.6) is 0 Å². The van der Waals surface area contributed by atoms with Gasteiger partial charge in [-0.25, -0.2) is 4.68 Å². The number of para-hydroxylation sites is 1. The predicted octanol–water partition coefficient (Wildman–Crippen LogP) is 3.53. The number of hydrogen-bond donors (Lipinski definition) is 1. The first kappa shape index (κ1) is 14.0. The second-order valence-corrected chi connectivity index (χ2v) is 5.67. The van der Waals surface area contributed by atoms with E-state index in [4.69, 9.17) is 0 Å². The number of aliphatic hydroxyl groups excluding tert-OH is 1. The highest BCUT2D eigenvalue weighted by Gasteiger charge is 2.11. The third-order valence-corrected chi connectivity index (χ3v) is 4.41. The zero-order valence-electron chi connectivity index (χ0n) is 13.1. The highest BCUT2D eigenvalue weighted by Crippen LogP contribution is 2.30. The Morgan fingerprint density at radius 3 is 2.65 bits per heavy atom. The van der Waals surface area contributed by atoms with E-state index >= 15 is 0 Å². The fourth-order valence-electron chi connectivity index (χ4n) is 3.38. The molecule has 4 nitrogen and oxygen atoms in total. The van der Waals surface area contributed by atoms with E-state index in [0.29, 0.717) is 6.42 Å². The summed E-state index contributed by atoms with van der Waals surface area (Å²) in [6.45, 7) is 3.25. The summed E-state index contributed by atoms with van der Waals surface area (Å²) in [5.41, 5.74) is 4.56. The molecular weight excluding hydrogens is 286 g/mol. The van der Waals surface area contributed by atoms with E-state index in [1.807, 2.05) is 10.7 Å². The summed E-state index contributed by atoms with van der Waals surface area (Å²) >= 11 is 0. The number of hydrogen-bond acceptors (Lipinski definition) is 2. The van der Waals surface area contributed by atoms with Gasteiger partial charge in [0.05, 0.1) is 5.69 Å².